The zero-order chi connectivity index (χ0) is 14.0. The minimum absolute atomic E-state index is 0.338. The molecule has 0 aromatic heterocycles. The average Bonchev–Trinajstić information content (AvgIpc) is 3.34. The maximum atomic E-state index is 10.9. The first-order valence-corrected chi connectivity index (χ1v) is 7.11. The van der Waals surface area contributed by atoms with Gasteiger partial charge in [0.05, 0.1) is 6.61 Å². The largest absolute Gasteiger partial charge is 0.382 e. The fourth-order valence-electron chi connectivity index (χ4n) is 2.80. The predicted octanol–water partition coefficient (Wildman–Crippen LogP) is 3.60. The first-order valence-electron chi connectivity index (χ1n) is 7.11. The lowest BCUT2D eigenvalue weighted by Gasteiger charge is -2.28. The van der Waals surface area contributed by atoms with Gasteiger partial charge in [0.2, 0.25) is 0 Å². The standard InChI is InChI=1S/C18H20O2/c1-20-13-18(19,17-11-12-17)16-9-7-15(8-10-16)14-5-3-2-4-6-14/h2-10,17,19H,11-13H2,1H3. The number of hydrogen-bond acceptors (Lipinski definition) is 2. The van der Waals surface area contributed by atoms with E-state index in [1.54, 1.807) is 7.11 Å². The third-order valence-corrected chi connectivity index (χ3v) is 4.11. The number of ether oxygens (including phenoxy) is 1. The molecule has 1 saturated carbocycles. The van der Waals surface area contributed by atoms with E-state index in [1.165, 1.54) is 11.1 Å². The highest BCUT2D eigenvalue weighted by atomic mass is 16.5. The lowest BCUT2D eigenvalue weighted by molar-refractivity contribution is -0.0532. The highest BCUT2D eigenvalue weighted by Crippen LogP contribution is 2.46. The van der Waals surface area contributed by atoms with Gasteiger partial charge >= 0.3 is 0 Å². The van der Waals surface area contributed by atoms with E-state index < -0.39 is 5.60 Å². The molecule has 0 amide bonds. The molecule has 0 bridgehead atoms. The van der Waals surface area contributed by atoms with Crippen LogP contribution in [0.4, 0.5) is 0 Å². The molecule has 0 aliphatic heterocycles. The number of aliphatic hydroxyl groups is 1. The van der Waals surface area contributed by atoms with Crippen LogP contribution in [0, 0.1) is 5.92 Å². The van der Waals surface area contributed by atoms with Gasteiger partial charge < -0.3 is 9.84 Å². The molecule has 1 fully saturated rings. The third kappa shape index (κ3) is 2.49. The first-order chi connectivity index (χ1) is 9.74. The molecule has 0 radical (unpaired) electrons. The van der Waals surface area contributed by atoms with Gasteiger partial charge in [0.25, 0.3) is 0 Å². The Morgan fingerprint density at radius 3 is 2.15 bits per heavy atom. The van der Waals surface area contributed by atoms with Crippen molar-refractivity contribution in [2.24, 2.45) is 5.92 Å². The maximum Gasteiger partial charge on any atom is 0.116 e. The van der Waals surface area contributed by atoms with Crippen molar-refractivity contribution < 1.29 is 9.84 Å². The van der Waals surface area contributed by atoms with Crippen molar-refractivity contribution >= 4 is 0 Å². The molecule has 0 spiro atoms. The van der Waals surface area contributed by atoms with E-state index in [0.29, 0.717) is 12.5 Å². The van der Waals surface area contributed by atoms with Crippen molar-refractivity contribution in [1.29, 1.82) is 0 Å². The highest BCUT2D eigenvalue weighted by Gasteiger charge is 2.45. The molecule has 104 valence electrons. The second kappa shape index (κ2) is 5.39. The van der Waals surface area contributed by atoms with Gasteiger partial charge in [-0.15, -0.1) is 0 Å². The van der Waals surface area contributed by atoms with Crippen LogP contribution in [0.2, 0.25) is 0 Å². The molecule has 2 heteroatoms. The first kappa shape index (κ1) is 13.3. The Labute approximate surface area is 120 Å². The van der Waals surface area contributed by atoms with E-state index in [0.717, 1.165) is 18.4 Å². The average molecular weight is 268 g/mol. The molecule has 20 heavy (non-hydrogen) atoms. The molecule has 1 aliphatic rings. The summed E-state index contributed by atoms with van der Waals surface area (Å²) in [6, 6.07) is 18.5. The fraction of sp³-hybridized carbons (Fsp3) is 0.333. The Morgan fingerprint density at radius 1 is 1.00 bits per heavy atom. The minimum atomic E-state index is -0.829. The lowest BCUT2D eigenvalue weighted by atomic mass is 9.88. The number of hydrogen-bond donors (Lipinski definition) is 1. The van der Waals surface area contributed by atoms with Gasteiger partial charge in [0, 0.05) is 7.11 Å². The van der Waals surface area contributed by atoms with Gasteiger partial charge in [-0.2, -0.15) is 0 Å². The van der Waals surface area contributed by atoms with Crippen LogP contribution in [0.1, 0.15) is 18.4 Å². The van der Waals surface area contributed by atoms with Gasteiger partial charge in [0.15, 0.2) is 0 Å². The van der Waals surface area contributed by atoms with Crippen LogP contribution in [0.5, 0.6) is 0 Å². The lowest BCUT2D eigenvalue weighted by Crippen LogP contribution is -2.33. The molecule has 1 N–H and O–H groups in total. The summed E-state index contributed by atoms with van der Waals surface area (Å²) in [5.74, 6) is 0.338. The van der Waals surface area contributed by atoms with Crippen LogP contribution in [0.25, 0.3) is 11.1 Å². The molecule has 2 aromatic rings. The van der Waals surface area contributed by atoms with Crippen molar-refractivity contribution in [3.05, 3.63) is 60.2 Å². The molecule has 2 nitrogen and oxygen atoms in total. The van der Waals surface area contributed by atoms with Crippen LogP contribution in [-0.4, -0.2) is 18.8 Å². The maximum absolute atomic E-state index is 10.9. The van der Waals surface area contributed by atoms with Crippen molar-refractivity contribution in [3.63, 3.8) is 0 Å². The summed E-state index contributed by atoms with van der Waals surface area (Å²) in [5, 5.41) is 10.9. The van der Waals surface area contributed by atoms with Crippen LogP contribution in [0.3, 0.4) is 0 Å². The topological polar surface area (TPSA) is 29.5 Å². The van der Waals surface area contributed by atoms with Gasteiger partial charge in [-0.3, -0.25) is 0 Å². The Bertz CT molecular complexity index is 558. The highest BCUT2D eigenvalue weighted by molar-refractivity contribution is 5.63. The summed E-state index contributed by atoms with van der Waals surface area (Å²) in [5.41, 5.74) is 2.50. The fourth-order valence-corrected chi connectivity index (χ4v) is 2.80. The van der Waals surface area contributed by atoms with Gasteiger partial charge in [-0.25, -0.2) is 0 Å². The van der Waals surface area contributed by atoms with Crippen LogP contribution in [-0.2, 0) is 10.3 Å². The van der Waals surface area contributed by atoms with Gasteiger partial charge in [0.1, 0.15) is 5.60 Å². The normalized spacial score (nSPS) is 17.7. The smallest absolute Gasteiger partial charge is 0.116 e. The third-order valence-electron chi connectivity index (χ3n) is 4.11. The van der Waals surface area contributed by atoms with Crippen LogP contribution < -0.4 is 0 Å². The SMILES string of the molecule is COCC(O)(c1ccc(-c2ccccc2)cc1)C1CC1. The molecule has 2 aromatic carbocycles. The molecule has 0 heterocycles. The Morgan fingerprint density at radius 2 is 1.60 bits per heavy atom. The number of benzene rings is 2. The Kier molecular flexibility index (Phi) is 3.60. The van der Waals surface area contributed by atoms with E-state index in [9.17, 15) is 5.11 Å². The molecule has 1 aliphatic carbocycles. The second-order valence-electron chi connectivity index (χ2n) is 5.57. The monoisotopic (exact) mass is 268 g/mol. The summed E-state index contributed by atoms with van der Waals surface area (Å²) in [7, 11) is 1.64. The summed E-state index contributed by atoms with van der Waals surface area (Å²) in [4.78, 5) is 0. The van der Waals surface area contributed by atoms with Crippen molar-refractivity contribution in [3.8, 4) is 11.1 Å². The van der Waals surface area contributed by atoms with E-state index in [4.69, 9.17) is 4.74 Å². The van der Waals surface area contributed by atoms with E-state index >= 15 is 0 Å². The molecule has 3 rings (SSSR count). The molecule has 1 unspecified atom stereocenters. The molecular formula is C18H20O2. The van der Waals surface area contributed by atoms with Crippen LogP contribution in [0.15, 0.2) is 54.6 Å². The summed E-state index contributed by atoms with van der Waals surface area (Å²) in [6.07, 6.45) is 2.17. The van der Waals surface area contributed by atoms with E-state index in [-0.39, 0.29) is 0 Å². The Hall–Kier alpha value is -1.64. The summed E-state index contributed by atoms with van der Waals surface area (Å²) in [6.45, 7) is 0.363. The Balaban J connectivity index is 1.89. The van der Waals surface area contributed by atoms with Crippen molar-refractivity contribution in [1.82, 2.24) is 0 Å². The van der Waals surface area contributed by atoms with Crippen molar-refractivity contribution in [2.45, 2.75) is 18.4 Å². The van der Waals surface area contributed by atoms with E-state index in [2.05, 4.69) is 24.3 Å². The predicted molar refractivity (Wildman–Crippen MR) is 80.4 cm³/mol. The molecule has 0 saturated heterocycles. The van der Waals surface area contributed by atoms with Crippen molar-refractivity contribution in [2.75, 3.05) is 13.7 Å². The summed E-state index contributed by atoms with van der Waals surface area (Å²) < 4.78 is 5.23. The zero-order valence-electron chi connectivity index (χ0n) is 11.8. The zero-order valence-corrected chi connectivity index (χ0v) is 11.8. The van der Waals surface area contributed by atoms with Gasteiger partial charge in [-0.1, -0.05) is 54.6 Å². The molecular weight excluding hydrogens is 248 g/mol. The quantitative estimate of drug-likeness (QED) is 0.898. The van der Waals surface area contributed by atoms with Crippen LogP contribution >= 0.6 is 0 Å². The van der Waals surface area contributed by atoms with E-state index in [1.807, 2.05) is 30.3 Å². The summed E-state index contributed by atoms with van der Waals surface area (Å²) >= 11 is 0. The second-order valence-corrected chi connectivity index (χ2v) is 5.57. The van der Waals surface area contributed by atoms with Gasteiger partial charge in [-0.05, 0) is 35.4 Å². The number of methoxy groups -OCH3 is 1. The number of rotatable bonds is 5. The minimum Gasteiger partial charge on any atom is -0.382 e. The molecule has 1 atom stereocenters.